The molecule has 0 fully saturated rings. The van der Waals surface area contributed by atoms with Crippen LogP contribution in [-0.2, 0) is 14.3 Å². The number of hydrogen-bond acceptors (Lipinski definition) is 9. The van der Waals surface area contributed by atoms with Crippen LogP contribution in [0.25, 0.3) is 11.4 Å². The molecular weight excluding hydrogens is 462 g/mol. The number of primary amides is 1. The van der Waals surface area contributed by atoms with Crippen LogP contribution in [0.1, 0.15) is 17.2 Å². The average molecular weight is 482 g/mol. The van der Waals surface area contributed by atoms with Gasteiger partial charge in [0.2, 0.25) is 11.2 Å². The molecule has 0 spiro atoms. The van der Waals surface area contributed by atoms with Gasteiger partial charge in [0.1, 0.15) is 11.4 Å². The smallest absolute Gasteiger partial charge is 0.332 e. The van der Waals surface area contributed by atoms with Crippen molar-refractivity contribution in [3.8, 4) is 17.3 Å². The Kier molecular flexibility index (Phi) is 7.14. The van der Waals surface area contributed by atoms with Gasteiger partial charge in [0.15, 0.2) is 5.92 Å². The fourth-order valence-electron chi connectivity index (χ4n) is 3.08. The number of aromatic hydroxyl groups is 1. The van der Waals surface area contributed by atoms with Crippen molar-refractivity contribution < 1.29 is 24.2 Å². The first-order valence-electron chi connectivity index (χ1n) is 9.90. The first kappa shape index (κ1) is 24.5. The van der Waals surface area contributed by atoms with Crippen molar-refractivity contribution in [1.29, 1.82) is 0 Å². The number of urea groups is 1. The number of esters is 1. The van der Waals surface area contributed by atoms with Crippen LogP contribution in [0.2, 0.25) is 0 Å². The van der Waals surface area contributed by atoms with E-state index in [1.165, 1.54) is 12.1 Å². The fourth-order valence-corrected chi connectivity index (χ4v) is 3.08. The number of aryl methyl sites for hydroxylation is 1. The number of anilines is 1. The van der Waals surface area contributed by atoms with Gasteiger partial charge in [-0.05, 0) is 25.1 Å². The Morgan fingerprint density at radius 1 is 1.20 bits per heavy atom. The number of benzene rings is 2. The molecule has 1 heterocycles. The molecule has 1 unspecified atom stereocenters. The highest BCUT2D eigenvalue weighted by Gasteiger charge is 2.37. The molecule has 14 heteroatoms. The van der Waals surface area contributed by atoms with E-state index in [-0.39, 0.29) is 22.4 Å². The third kappa shape index (κ3) is 5.62. The standard InChI is InChI=1S/C21H20N7O7/c1-10-3-5-11(6-4-10)23-19(30)17(26-27-21(22)32)15(20(31)35-2)16-18(29)25-14-9-12(28(33)34)7-8-13(14)24-16/h3-9,15H,1-2H3,(H6-,22,23,24,25,26,27,29,30,32,33,34)/q-1. The summed E-state index contributed by atoms with van der Waals surface area (Å²) in [5, 5.41) is 38.6. The van der Waals surface area contributed by atoms with Crippen molar-refractivity contribution in [3.63, 3.8) is 0 Å². The summed E-state index contributed by atoms with van der Waals surface area (Å²) in [5.41, 5.74) is 7.46. The third-order valence-corrected chi connectivity index (χ3v) is 4.74. The van der Waals surface area contributed by atoms with Gasteiger partial charge in [0, 0.05) is 17.8 Å². The molecule has 0 bridgehead atoms. The molecule has 3 rings (SSSR count). The van der Waals surface area contributed by atoms with Crippen LogP contribution in [-0.4, -0.2) is 45.8 Å². The van der Waals surface area contributed by atoms with Gasteiger partial charge in [-0.25, -0.2) is 15.2 Å². The molecule has 3 amide bonds. The maximum absolute atomic E-state index is 13.1. The maximum Gasteiger partial charge on any atom is 0.332 e. The summed E-state index contributed by atoms with van der Waals surface area (Å²) in [4.78, 5) is 43.2. The van der Waals surface area contributed by atoms with Crippen molar-refractivity contribution in [2.75, 3.05) is 12.4 Å². The molecule has 1 aliphatic heterocycles. The second-order valence-electron chi connectivity index (χ2n) is 7.18. The van der Waals surface area contributed by atoms with E-state index >= 15 is 0 Å². The van der Waals surface area contributed by atoms with E-state index in [0.29, 0.717) is 5.69 Å². The van der Waals surface area contributed by atoms with E-state index in [2.05, 4.69) is 20.4 Å². The molecule has 14 nitrogen and oxygen atoms in total. The minimum absolute atomic E-state index is 0.0851. The number of amides is 3. The number of nitrogens with one attached hydrogen (secondary N) is 3. The lowest BCUT2D eigenvalue weighted by atomic mass is 9.97. The van der Waals surface area contributed by atoms with E-state index in [1.807, 2.05) is 12.3 Å². The van der Waals surface area contributed by atoms with Crippen molar-refractivity contribution >= 4 is 29.3 Å². The van der Waals surface area contributed by atoms with Gasteiger partial charge in [0.05, 0.1) is 18.5 Å². The molecule has 1 aliphatic carbocycles. The predicted octanol–water partition coefficient (Wildman–Crippen LogP) is 0.216. The Balaban J connectivity index is 2.15. The molecule has 35 heavy (non-hydrogen) atoms. The molecule has 0 saturated carbocycles. The number of aromatic nitrogens is 2. The lowest BCUT2D eigenvalue weighted by Crippen LogP contribution is -2.37. The third-order valence-electron chi connectivity index (χ3n) is 4.74. The second-order valence-corrected chi connectivity index (χ2v) is 7.18. The highest BCUT2D eigenvalue weighted by molar-refractivity contribution is 6.48. The zero-order valence-electron chi connectivity index (χ0n) is 18.4. The summed E-state index contributed by atoms with van der Waals surface area (Å²) in [5.74, 6) is -4.40. The van der Waals surface area contributed by atoms with Crippen molar-refractivity contribution in [3.05, 3.63) is 69.5 Å². The van der Waals surface area contributed by atoms with Gasteiger partial charge in [-0.2, -0.15) is 10.0 Å². The van der Waals surface area contributed by atoms with E-state index in [9.17, 15) is 29.9 Å². The zero-order chi connectivity index (χ0) is 25.7. The minimum atomic E-state index is -1.73. The van der Waals surface area contributed by atoms with Crippen LogP contribution in [0.4, 0.5) is 10.5 Å². The number of fused-ring (bicyclic) bond motifs is 1. The van der Waals surface area contributed by atoms with Crippen LogP contribution in [0.15, 0.2) is 47.6 Å². The fraction of sp³-hybridized carbons (Fsp3) is 0.143. The molecule has 0 aromatic heterocycles. The summed E-state index contributed by atoms with van der Waals surface area (Å²) < 4.78 is 4.79. The van der Waals surface area contributed by atoms with E-state index in [0.717, 1.165) is 18.7 Å². The quantitative estimate of drug-likeness (QED) is 0.185. The summed E-state index contributed by atoms with van der Waals surface area (Å²) in [7, 11) is 1.04. The molecule has 6 N–H and O–H groups in total. The second kappa shape index (κ2) is 10.2. The molecule has 0 radical (unpaired) electrons. The highest BCUT2D eigenvalue weighted by atomic mass is 16.8. The highest BCUT2D eigenvalue weighted by Crippen LogP contribution is 2.29. The number of nitrogens with zero attached hydrogens (tertiary/aromatic N) is 3. The Morgan fingerprint density at radius 3 is 2.49 bits per heavy atom. The number of ether oxygens (including phenoxy) is 1. The summed E-state index contributed by atoms with van der Waals surface area (Å²) in [6.45, 7) is 1.85. The Hall–Kier alpha value is -5.14. The number of methoxy groups -OCH3 is 1. The topological polar surface area (TPSA) is 221 Å². The van der Waals surface area contributed by atoms with Gasteiger partial charge in [-0.3, -0.25) is 9.59 Å². The normalized spacial score (nSPS) is 12.0. The number of hydrogen-bond donors (Lipinski definition) is 5. The average Bonchev–Trinajstić information content (AvgIpc) is 2.82. The Bertz CT molecular complexity index is 1340. The molecule has 2 aliphatic rings. The van der Waals surface area contributed by atoms with E-state index < -0.39 is 40.3 Å². The first-order valence-corrected chi connectivity index (χ1v) is 9.90. The number of rotatable bonds is 6. The van der Waals surface area contributed by atoms with Crippen LogP contribution < -0.4 is 26.7 Å². The van der Waals surface area contributed by atoms with Crippen molar-refractivity contribution in [2.45, 2.75) is 12.8 Å². The molecular formula is C21H20N7O7-. The SMILES string of the molecule is COC(=O)C(/C(=N\NC(N)=O)C(=O)Nc1ccc(C)cc1)c1nc2ccc(=[N+]([O-])[O-])cc-2[nH]c1O. The Labute approximate surface area is 197 Å². The van der Waals surface area contributed by atoms with Crippen LogP contribution in [0.3, 0.4) is 0 Å². The number of nitrogens with two attached hydrogens (primary N) is 1. The van der Waals surface area contributed by atoms with E-state index in [4.69, 9.17) is 10.5 Å². The summed E-state index contributed by atoms with van der Waals surface area (Å²) in [6, 6.07) is 9.14. The molecule has 1 aromatic carbocycles. The number of hydrazone groups is 1. The van der Waals surface area contributed by atoms with Crippen LogP contribution >= 0.6 is 0 Å². The molecule has 182 valence electrons. The molecule has 1 atom stereocenters. The number of carbonyl (C=O) groups excluding carboxylic acids is 3. The zero-order valence-corrected chi connectivity index (χ0v) is 18.4. The van der Waals surface area contributed by atoms with Crippen LogP contribution in [0, 0.1) is 17.3 Å². The van der Waals surface area contributed by atoms with Gasteiger partial charge in [0.25, 0.3) is 5.91 Å². The monoisotopic (exact) mass is 482 g/mol. The van der Waals surface area contributed by atoms with Gasteiger partial charge >= 0.3 is 12.0 Å². The van der Waals surface area contributed by atoms with Gasteiger partial charge in [-0.15, -0.1) is 0 Å². The van der Waals surface area contributed by atoms with Crippen molar-refractivity contribution in [1.82, 2.24) is 20.3 Å². The summed E-state index contributed by atoms with van der Waals surface area (Å²) >= 11 is 0. The largest absolute Gasteiger partial charge is 0.612 e. The van der Waals surface area contributed by atoms with Gasteiger partial charge < -0.3 is 36.3 Å². The lowest BCUT2D eigenvalue weighted by molar-refractivity contribution is -0.141. The minimum Gasteiger partial charge on any atom is -0.612 e. The van der Waals surface area contributed by atoms with E-state index in [1.54, 1.807) is 24.3 Å². The lowest BCUT2D eigenvalue weighted by Gasteiger charge is -2.19. The van der Waals surface area contributed by atoms with Crippen LogP contribution in [0.5, 0.6) is 5.88 Å². The maximum atomic E-state index is 13.1. The van der Waals surface area contributed by atoms with Crippen molar-refractivity contribution in [2.24, 2.45) is 10.8 Å². The molecule has 1 aromatic rings. The number of aromatic amines is 1. The number of carbonyl (C=O) groups is 3. The molecule has 0 saturated heterocycles. The summed E-state index contributed by atoms with van der Waals surface area (Å²) in [6.07, 6.45) is 0. The Morgan fingerprint density at radius 2 is 1.89 bits per heavy atom. The number of H-pyrrole nitrogens is 1. The van der Waals surface area contributed by atoms with Gasteiger partial charge in [-0.1, -0.05) is 17.7 Å². The predicted molar refractivity (Wildman–Crippen MR) is 124 cm³/mol. The first-order chi connectivity index (χ1) is 16.6.